The molecule has 0 fully saturated rings. The summed E-state index contributed by atoms with van der Waals surface area (Å²) < 4.78 is 4.81. The minimum atomic E-state index is 1.10. The van der Waals surface area contributed by atoms with Crippen LogP contribution in [0.5, 0.6) is 0 Å². The van der Waals surface area contributed by atoms with E-state index in [2.05, 4.69) is 142 Å². The van der Waals surface area contributed by atoms with E-state index >= 15 is 0 Å². The van der Waals surface area contributed by atoms with Gasteiger partial charge in [0.25, 0.3) is 0 Å². The van der Waals surface area contributed by atoms with Gasteiger partial charge in [-0.3, -0.25) is 4.98 Å². The van der Waals surface area contributed by atoms with Gasteiger partial charge in [-0.2, -0.15) is 0 Å². The average Bonchev–Trinajstić information content (AvgIpc) is 3.53. The van der Waals surface area contributed by atoms with Crippen molar-refractivity contribution in [1.29, 1.82) is 0 Å². The first-order valence-corrected chi connectivity index (χ1v) is 13.6. The van der Waals surface area contributed by atoms with Gasteiger partial charge in [0.2, 0.25) is 0 Å². The number of rotatable bonds is 2. The summed E-state index contributed by atoms with van der Waals surface area (Å²) in [6, 6.07) is 46.0. The van der Waals surface area contributed by atoms with Crippen LogP contribution in [0.15, 0.2) is 140 Å². The van der Waals surface area contributed by atoms with Crippen molar-refractivity contribution in [3.05, 3.63) is 140 Å². The molecule has 9 aromatic rings. The van der Waals surface area contributed by atoms with Crippen molar-refractivity contribution < 1.29 is 0 Å². The van der Waals surface area contributed by atoms with Crippen molar-refractivity contribution in [2.45, 2.75) is 0 Å². The molecule has 3 heterocycles. The maximum absolute atomic E-state index is 4.67. The minimum Gasteiger partial charge on any atom is -0.309 e. The molecule has 0 unspecified atom stereocenters. The first-order chi connectivity index (χ1) is 19.9. The second kappa shape index (κ2) is 8.05. The van der Waals surface area contributed by atoms with Crippen LogP contribution in [0.4, 0.5) is 0 Å². The Morgan fingerprint density at radius 1 is 0.400 bits per heavy atom. The molecule has 0 N–H and O–H groups in total. The number of hydrogen-bond acceptors (Lipinski definition) is 1. The van der Waals surface area contributed by atoms with Crippen LogP contribution in [-0.2, 0) is 0 Å². The van der Waals surface area contributed by atoms with Gasteiger partial charge < -0.3 is 9.13 Å². The fourth-order valence-electron chi connectivity index (χ4n) is 6.63. The van der Waals surface area contributed by atoms with Crippen LogP contribution in [0, 0.1) is 0 Å². The van der Waals surface area contributed by atoms with E-state index in [1.807, 2.05) is 12.4 Å². The molecule has 0 amide bonds. The zero-order chi connectivity index (χ0) is 26.2. The van der Waals surface area contributed by atoms with E-state index in [0.29, 0.717) is 0 Å². The predicted octanol–water partition coefficient (Wildman–Crippen LogP) is 9.58. The lowest BCUT2D eigenvalue weighted by Gasteiger charge is -2.13. The maximum Gasteiger partial charge on any atom is 0.0724 e. The highest BCUT2D eigenvalue weighted by molar-refractivity contribution is 6.23. The summed E-state index contributed by atoms with van der Waals surface area (Å²) in [5.74, 6) is 0. The number of pyridine rings is 1. The monoisotopic (exact) mass is 509 g/mol. The van der Waals surface area contributed by atoms with Crippen molar-refractivity contribution in [3.63, 3.8) is 0 Å². The number of fused-ring (bicyclic) bond motifs is 9. The van der Waals surface area contributed by atoms with E-state index in [4.69, 9.17) is 0 Å². The van der Waals surface area contributed by atoms with Crippen LogP contribution >= 0.6 is 0 Å². The average molecular weight is 510 g/mol. The van der Waals surface area contributed by atoms with E-state index < -0.39 is 0 Å². The summed E-state index contributed by atoms with van der Waals surface area (Å²) in [4.78, 5) is 4.67. The summed E-state index contributed by atoms with van der Waals surface area (Å²) in [6.07, 6.45) is 3.96. The van der Waals surface area contributed by atoms with Crippen LogP contribution in [0.3, 0.4) is 0 Å². The molecule has 3 nitrogen and oxygen atoms in total. The Morgan fingerprint density at radius 3 is 1.90 bits per heavy atom. The Labute approximate surface area is 230 Å². The SMILES string of the molecule is c1ccc(-n2c3ccccc3c3cc4c(ccc5c6ccccc6n(-c6cncc7ccccc67)c45)cc32)cc1. The van der Waals surface area contributed by atoms with Crippen LogP contribution < -0.4 is 0 Å². The number of benzene rings is 6. The Bertz CT molecular complexity index is 2420. The summed E-state index contributed by atoms with van der Waals surface area (Å²) in [6.45, 7) is 0. The standard InChI is InChI=1S/C37H23N3/c1-2-11-26(12-3-1)39-33-16-8-7-15-29(33)32-21-31-24(20-35(32)39)18-19-30-28-14-6-9-17-34(28)40(37(30)31)36-23-38-22-25-10-4-5-13-27(25)36/h1-23H. The first-order valence-electron chi connectivity index (χ1n) is 13.6. The molecule has 0 radical (unpaired) electrons. The lowest BCUT2D eigenvalue weighted by atomic mass is 10.0. The maximum atomic E-state index is 4.67. The minimum absolute atomic E-state index is 1.10. The van der Waals surface area contributed by atoms with E-state index in [0.717, 1.165) is 11.1 Å². The molecule has 186 valence electrons. The third kappa shape index (κ3) is 2.86. The Kier molecular flexibility index (Phi) is 4.33. The zero-order valence-corrected chi connectivity index (χ0v) is 21.6. The van der Waals surface area contributed by atoms with E-state index in [1.165, 1.54) is 65.5 Å². The highest BCUT2D eigenvalue weighted by atomic mass is 15.0. The third-order valence-electron chi connectivity index (χ3n) is 8.34. The van der Waals surface area contributed by atoms with Crippen LogP contribution in [0.1, 0.15) is 0 Å². The third-order valence-corrected chi connectivity index (χ3v) is 8.34. The van der Waals surface area contributed by atoms with Crippen LogP contribution in [-0.4, -0.2) is 14.1 Å². The highest BCUT2D eigenvalue weighted by Crippen LogP contribution is 2.41. The van der Waals surface area contributed by atoms with Crippen molar-refractivity contribution in [2.24, 2.45) is 0 Å². The second-order valence-electron chi connectivity index (χ2n) is 10.5. The summed E-state index contributed by atoms with van der Waals surface area (Å²) >= 11 is 0. The molecule has 3 heteroatoms. The molecule has 0 spiro atoms. The van der Waals surface area contributed by atoms with Crippen LogP contribution in [0.2, 0.25) is 0 Å². The lowest BCUT2D eigenvalue weighted by Crippen LogP contribution is -1.97. The summed E-state index contributed by atoms with van der Waals surface area (Å²) in [5.41, 5.74) is 7.11. The molecule has 0 saturated heterocycles. The quantitative estimate of drug-likeness (QED) is 0.227. The molecule has 3 aromatic heterocycles. The molecule has 0 aliphatic heterocycles. The Balaban J connectivity index is 1.49. The largest absolute Gasteiger partial charge is 0.309 e. The van der Waals surface area contributed by atoms with Crippen molar-refractivity contribution in [2.75, 3.05) is 0 Å². The second-order valence-corrected chi connectivity index (χ2v) is 10.5. The number of nitrogens with zero attached hydrogens (tertiary/aromatic N) is 3. The lowest BCUT2D eigenvalue weighted by molar-refractivity contribution is 1.17. The topological polar surface area (TPSA) is 22.8 Å². The fourth-order valence-corrected chi connectivity index (χ4v) is 6.63. The van der Waals surface area contributed by atoms with E-state index in [-0.39, 0.29) is 0 Å². The van der Waals surface area contributed by atoms with Gasteiger partial charge in [-0.05, 0) is 41.8 Å². The molecule has 0 aliphatic carbocycles. The predicted molar refractivity (Wildman–Crippen MR) is 168 cm³/mol. The van der Waals surface area contributed by atoms with Crippen molar-refractivity contribution in [3.8, 4) is 11.4 Å². The van der Waals surface area contributed by atoms with Gasteiger partial charge in [0.05, 0.1) is 34.0 Å². The molecular weight excluding hydrogens is 486 g/mol. The van der Waals surface area contributed by atoms with Crippen molar-refractivity contribution >= 4 is 65.2 Å². The fraction of sp³-hybridized carbons (Fsp3) is 0. The van der Waals surface area contributed by atoms with Gasteiger partial charge >= 0.3 is 0 Å². The van der Waals surface area contributed by atoms with Gasteiger partial charge in [0.15, 0.2) is 0 Å². The zero-order valence-electron chi connectivity index (χ0n) is 21.6. The van der Waals surface area contributed by atoms with Gasteiger partial charge in [-0.15, -0.1) is 0 Å². The van der Waals surface area contributed by atoms with Gasteiger partial charge in [-0.25, -0.2) is 0 Å². The Morgan fingerprint density at radius 2 is 1.07 bits per heavy atom. The molecule has 6 aromatic carbocycles. The number of para-hydroxylation sites is 3. The highest BCUT2D eigenvalue weighted by Gasteiger charge is 2.19. The normalized spacial score (nSPS) is 12.0. The molecule has 0 aliphatic rings. The van der Waals surface area contributed by atoms with Gasteiger partial charge in [0.1, 0.15) is 0 Å². The van der Waals surface area contributed by atoms with Crippen LogP contribution in [0.25, 0.3) is 76.5 Å². The molecule has 40 heavy (non-hydrogen) atoms. The smallest absolute Gasteiger partial charge is 0.0724 e. The molecule has 0 bridgehead atoms. The number of hydrogen-bond donors (Lipinski definition) is 0. The summed E-state index contributed by atoms with van der Waals surface area (Å²) in [7, 11) is 0. The summed E-state index contributed by atoms with van der Waals surface area (Å²) in [5, 5.41) is 9.81. The molecule has 9 rings (SSSR count). The van der Waals surface area contributed by atoms with E-state index in [9.17, 15) is 0 Å². The van der Waals surface area contributed by atoms with Crippen molar-refractivity contribution in [1.82, 2.24) is 14.1 Å². The molecular formula is C37H23N3. The van der Waals surface area contributed by atoms with Gasteiger partial charge in [0, 0.05) is 49.6 Å². The van der Waals surface area contributed by atoms with E-state index in [1.54, 1.807) is 0 Å². The molecule has 0 atom stereocenters. The first kappa shape index (κ1) is 21.5. The van der Waals surface area contributed by atoms with Gasteiger partial charge in [-0.1, -0.05) is 91.0 Å². The Hall–Kier alpha value is -5.41. The molecule has 0 saturated carbocycles. The number of aromatic nitrogens is 3.